The van der Waals surface area contributed by atoms with E-state index in [1.807, 2.05) is 36.4 Å². The summed E-state index contributed by atoms with van der Waals surface area (Å²) >= 11 is 0. The van der Waals surface area contributed by atoms with Gasteiger partial charge in [0.15, 0.2) is 0 Å². The summed E-state index contributed by atoms with van der Waals surface area (Å²) in [6.07, 6.45) is 0. The van der Waals surface area contributed by atoms with Crippen LogP contribution < -0.4 is 10.2 Å². The normalized spacial score (nSPS) is 11.0. The van der Waals surface area contributed by atoms with Crippen LogP contribution in [0.25, 0.3) is 33.2 Å². The van der Waals surface area contributed by atoms with Crippen LogP contribution in [0.15, 0.2) is 54.6 Å². The van der Waals surface area contributed by atoms with E-state index in [1.54, 1.807) is 30.8 Å². The van der Waals surface area contributed by atoms with Crippen molar-refractivity contribution in [3.05, 3.63) is 60.2 Å². The summed E-state index contributed by atoms with van der Waals surface area (Å²) in [5.41, 5.74) is 4.39. The van der Waals surface area contributed by atoms with Crippen molar-refractivity contribution in [1.82, 2.24) is 15.4 Å². The molecule has 0 atom stereocenters. The SMILES string of the molecule is COc1ccc(-c2nc3ccc(C(=O)NO)cc3[nH]2)c2ccccc12. The molecule has 0 aliphatic carbocycles. The number of fused-ring (bicyclic) bond motifs is 2. The summed E-state index contributed by atoms with van der Waals surface area (Å²) < 4.78 is 5.43. The second kappa shape index (κ2) is 5.92. The maximum atomic E-state index is 11.6. The molecule has 3 N–H and O–H groups in total. The Hall–Kier alpha value is -3.38. The number of aromatic amines is 1. The highest BCUT2D eigenvalue weighted by Gasteiger charge is 2.13. The van der Waals surface area contributed by atoms with Crippen LogP contribution in [-0.4, -0.2) is 28.2 Å². The van der Waals surface area contributed by atoms with Gasteiger partial charge in [-0.1, -0.05) is 24.3 Å². The molecular weight excluding hydrogens is 318 g/mol. The molecule has 6 heteroatoms. The predicted octanol–water partition coefficient (Wildman–Crippen LogP) is 3.51. The van der Waals surface area contributed by atoms with Crippen molar-refractivity contribution in [2.24, 2.45) is 0 Å². The van der Waals surface area contributed by atoms with Crippen LogP contribution in [0.3, 0.4) is 0 Å². The third-order valence-corrected chi connectivity index (χ3v) is 4.20. The van der Waals surface area contributed by atoms with Crippen LogP contribution in [0.1, 0.15) is 10.4 Å². The first-order chi connectivity index (χ1) is 12.2. The average Bonchev–Trinajstić information content (AvgIpc) is 3.09. The van der Waals surface area contributed by atoms with Gasteiger partial charge in [0.2, 0.25) is 0 Å². The summed E-state index contributed by atoms with van der Waals surface area (Å²) in [6.45, 7) is 0. The number of rotatable bonds is 3. The Balaban J connectivity index is 1.90. The number of imidazole rings is 1. The first-order valence-electron chi connectivity index (χ1n) is 7.71. The van der Waals surface area contributed by atoms with Crippen molar-refractivity contribution < 1.29 is 14.7 Å². The van der Waals surface area contributed by atoms with Crippen molar-refractivity contribution in [3.8, 4) is 17.1 Å². The number of aromatic nitrogens is 2. The number of carbonyl (C=O) groups is 1. The maximum Gasteiger partial charge on any atom is 0.274 e. The van der Waals surface area contributed by atoms with Gasteiger partial charge in [0, 0.05) is 16.5 Å². The fraction of sp³-hybridized carbons (Fsp3) is 0.0526. The van der Waals surface area contributed by atoms with Gasteiger partial charge in [-0.2, -0.15) is 0 Å². The number of nitrogens with one attached hydrogen (secondary N) is 2. The number of benzene rings is 3. The Morgan fingerprint density at radius 2 is 1.92 bits per heavy atom. The van der Waals surface area contributed by atoms with Crippen molar-refractivity contribution in [1.29, 1.82) is 0 Å². The van der Waals surface area contributed by atoms with Crippen molar-refractivity contribution >= 4 is 27.7 Å². The van der Waals surface area contributed by atoms with Crippen LogP contribution in [0, 0.1) is 0 Å². The van der Waals surface area contributed by atoms with Gasteiger partial charge in [0.25, 0.3) is 5.91 Å². The fourth-order valence-electron chi connectivity index (χ4n) is 3.00. The molecular formula is C19H15N3O3. The average molecular weight is 333 g/mol. The van der Waals surface area contributed by atoms with E-state index in [4.69, 9.17) is 9.94 Å². The Labute approximate surface area is 143 Å². The van der Waals surface area contributed by atoms with Crippen molar-refractivity contribution in [2.45, 2.75) is 0 Å². The highest BCUT2D eigenvalue weighted by molar-refractivity contribution is 6.01. The molecule has 0 fully saturated rings. The molecule has 0 unspecified atom stereocenters. The largest absolute Gasteiger partial charge is 0.496 e. The Bertz CT molecular complexity index is 1100. The van der Waals surface area contributed by atoms with E-state index in [9.17, 15) is 4.79 Å². The zero-order chi connectivity index (χ0) is 17.4. The van der Waals surface area contributed by atoms with Gasteiger partial charge in [-0.25, -0.2) is 10.5 Å². The fourth-order valence-corrected chi connectivity index (χ4v) is 3.00. The second-order valence-corrected chi connectivity index (χ2v) is 5.62. The molecule has 1 amide bonds. The lowest BCUT2D eigenvalue weighted by atomic mass is 10.0. The molecule has 6 nitrogen and oxygen atoms in total. The number of ether oxygens (including phenoxy) is 1. The summed E-state index contributed by atoms with van der Waals surface area (Å²) in [4.78, 5) is 19.4. The summed E-state index contributed by atoms with van der Waals surface area (Å²) in [5, 5.41) is 10.8. The molecule has 0 aliphatic heterocycles. The molecule has 0 saturated heterocycles. The first-order valence-corrected chi connectivity index (χ1v) is 7.71. The molecule has 0 bridgehead atoms. The van der Waals surface area contributed by atoms with E-state index < -0.39 is 5.91 Å². The molecule has 4 rings (SSSR count). The number of hydrogen-bond acceptors (Lipinski definition) is 4. The minimum Gasteiger partial charge on any atom is -0.496 e. The van der Waals surface area contributed by atoms with Crippen molar-refractivity contribution in [2.75, 3.05) is 7.11 Å². The highest BCUT2D eigenvalue weighted by atomic mass is 16.5. The summed E-state index contributed by atoms with van der Waals surface area (Å²) in [6, 6.07) is 16.8. The third kappa shape index (κ3) is 2.49. The zero-order valence-electron chi connectivity index (χ0n) is 13.4. The summed E-state index contributed by atoms with van der Waals surface area (Å²) in [5.74, 6) is 0.945. The third-order valence-electron chi connectivity index (χ3n) is 4.20. The van der Waals surface area contributed by atoms with Gasteiger partial charge in [-0.15, -0.1) is 0 Å². The van der Waals surface area contributed by atoms with Crippen LogP contribution in [0.2, 0.25) is 0 Å². The number of hydroxylamine groups is 1. The van der Waals surface area contributed by atoms with Gasteiger partial charge in [-0.05, 0) is 35.7 Å². The predicted molar refractivity (Wildman–Crippen MR) is 94.8 cm³/mol. The van der Waals surface area contributed by atoms with Crippen molar-refractivity contribution in [3.63, 3.8) is 0 Å². The molecule has 0 spiro atoms. The van der Waals surface area contributed by atoms with Gasteiger partial charge in [-0.3, -0.25) is 10.0 Å². The lowest BCUT2D eigenvalue weighted by Crippen LogP contribution is -2.18. The topological polar surface area (TPSA) is 87.2 Å². The second-order valence-electron chi connectivity index (χ2n) is 5.62. The van der Waals surface area contributed by atoms with E-state index in [0.29, 0.717) is 11.4 Å². The standard InChI is InChI=1S/C19H15N3O3/c1-25-17-9-7-14(12-4-2-3-5-13(12)17)18-20-15-8-6-11(19(23)22-24)10-16(15)21-18/h2-10,24H,1H3,(H,20,21)(H,22,23). The molecule has 3 aromatic carbocycles. The maximum absolute atomic E-state index is 11.6. The van der Waals surface area contributed by atoms with E-state index in [-0.39, 0.29) is 0 Å². The van der Waals surface area contributed by atoms with Crippen LogP contribution >= 0.6 is 0 Å². The monoisotopic (exact) mass is 333 g/mol. The molecule has 124 valence electrons. The Morgan fingerprint density at radius 1 is 1.12 bits per heavy atom. The lowest BCUT2D eigenvalue weighted by Gasteiger charge is -2.08. The molecule has 0 saturated carbocycles. The number of methoxy groups -OCH3 is 1. The molecule has 1 heterocycles. The van der Waals surface area contributed by atoms with E-state index in [2.05, 4.69) is 9.97 Å². The molecule has 0 aliphatic rings. The molecule has 25 heavy (non-hydrogen) atoms. The molecule has 4 aromatic rings. The van der Waals surface area contributed by atoms with Gasteiger partial charge in [0.05, 0.1) is 18.1 Å². The zero-order valence-corrected chi connectivity index (χ0v) is 13.4. The van der Waals surface area contributed by atoms with Crippen LogP contribution in [0.4, 0.5) is 0 Å². The lowest BCUT2D eigenvalue weighted by molar-refractivity contribution is 0.0706. The molecule has 1 aromatic heterocycles. The smallest absolute Gasteiger partial charge is 0.274 e. The van der Waals surface area contributed by atoms with E-state index in [0.717, 1.165) is 33.1 Å². The number of H-pyrrole nitrogens is 1. The van der Waals surface area contributed by atoms with Crippen LogP contribution in [0.5, 0.6) is 5.75 Å². The van der Waals surface area contributed by atoms with Gasteiger partial charge >= 0.3 is 0 Å². The van der Waals surface area contributed by atoms with Gasteiger partial charge < -0.3 is 9.72 Å². The number of carbonyl (C=O) groups excluding carboxylic acids is 1. The summed E-state index contributed by atoms with van der Waals surface area (Å²) in [7, 11) is 1.65. The quantitative estimate of drug-likeness (QED) is 0.395. The number of amides is 1. The molecule has 0 radical (unpaired) electrons. The minimum atomic E-state index is -0.562. The highest BCUT2D eigenvalue weighted by Crippen LogP contribution is 2.33. The Kier molecular flexibility index (Phi) is 3.59. The van der Waals surface area contributed by atoms with Gasteiger partial charge in [0.1, 0.15) is 11.6 Å². The Morgan fingerprint density at radius 3 is 2.68 bits per heavy atom. The first kappa shape index (κ1) is 15.2. The van der Waals surface area contributed by atoms with E-state index in [1.165, 1.54) is 0 Å². The number of hydrogen-bond donors (Lipinski definition) is 3. The van der Waals surface area contributed by atoms with Crippen LogP contribution in [-0.2, 0) is 0 Å². The van der Waals surface area contributed by atoms with E-state index >= 15 is 0 Å². The minimum absolute atomic E-state index is 0.352. The number of nitrogens with zero attached hydrogens (tertiary/aromatic N) is 1.